The summed E-state index contributed by atoms with van der Waals surface area (Å²) < 4.78 is 5.93. The summed E-state index contributed by atoms with van der Waals surface area (Å²) in [6.45, 7) is 3.17. The molecule has 1 saturated carbocycles. The minimum absolute atomic E-state index is 0.234. The Bertz CT molecular complexity index is 446. The van der Waals surface area contributed by atoms with Gasteiger partial charge in [-0.1, -0.05) is 31.5 Å². The molecule has 1 aromatic rings. The Labute approximate surface area is 115 Å². The molecule has 0 aromatic heterocycles. The van der Waals surface area contributed by atoms with E-state index < -0.39 is 0 Å². The van der Waals surface area contributed by atoms with Gasteiger partial charge in [0.15, 0.2) is 0 Å². The summed E-state index contributed by atoms with van der Waals surface area (Å²) in [5, 5.41) is 0. The van der Waals surface area contributed by atoms with E-state index in [2.05, 4.69) is 30.5 Å². The molecular formula is C16H24N2O. The van der Waals surface area contributed by atoms with Crippen molar-refractivity contribution in [2.45, 2.75) is 45.1 Å². The summed E-state index contributed by atoms with van der Waals surface area (Å²) in [5.41, 5.74) is 5.66. The van der Waals surface area contributed by atoms with E-state index in [1.54, 1.807) is 0 Å². The molecule has 0 radical (unpaired) electrons. The van der Waals surface area contributed by atoms with Gasteiger partial charge in [-0.05, 0) is 43.1 Å². The minimum atomic E-state index is 0.234. The molecule has 1 heterocycles. The van der Waals surface area contributed by atoms with Crippen LogP contribution in [0.1, 0.15) is 49.8 Å². The molecule has 19 heavy (non-hydrogen) atoms. The van der Waals surface area contributed by atoms with Crippen LogP contribution >= 0.6 is 0 Å². The van der Waals surface area contributed by atoms with Gasteiger partial charge in [-0.15, -0.1) is 0 Å². The minimum Gasteiger partial charge on any atom is -0.493 e. The second-order valence-corrected chi connectivity index (χ2v) is 6.11. The number of rotatable bonds is 3. The number of hydrogen-bond acceptors (Lipinski definition) is 3. The summed E-state index contributed by atoms with van der Waals surface area (Å²) in [5.74, 6) is 8.41. The van der Waals surface area contributed by atoms with E-state index in [9.17, 15) is 0 Å². The van der Waals surface area contributed by atoms with Gasteiger partial charge >= 0.3 is 0 Å². The summed E-state index contributed by atoms with van der Waals surface area (Å²) >= 11 is 0. The fourth-order valence-electron chi connectivity index (χ4n) is 3.69. The molecule has 2 aliphatic rings. The molecule has 1 fully saturated rings. The van der Waals surface area contributed by atoms with Crippen molar-refractivity contribution >= 4 is 0 Å². The lowest BCUT2D eigenvalue weighted by molar-refractivity contribution is 0.273. The topological polar surface area (TPSA) is 47.3 Å². The summed E-state index contributed by atoms with van der Waals surface area (Å²) in [6, 6.07) is 6.74. The largest absolute Gasteiger partial charge is 0.493 e. The van der Waals surface area contributed by atoms with Gasteiger partial charge in [0.25, 0.3) is 0 Å². The van der Waals surface area contributed by atoms with Crippen LogP contribution < -0.4 is 16.0 Å². The molecule has 1 aliphatic heterocycles. The highest BCUT2D eigenvalue weighted by Crippen LogP contribution is 2.42. The Morgan fingerprint density at radius 2 is 2.26 bits per heavy atom. The Hall–Kier alpha value is -1.06. The van der Waals surface area contributed by atoms with Crippen molar-refractivity contribution in [3.8, 4) is 5.75 Å². The SMILES string of the molecule is CC1CCC(C(NN)c2cccc3c2OCCC3)C1. The van der Waals surface area contributed by atoms with E-state index >= 15 is 0 Å². The molecule has 3 unspecified atom stereocenters. The maximum atomic E-state index is 5.93. The number of benzene rings is 1. The van der Waals surface area contributed by atoms with Crippen LogP contribution in [-0.4, -0.2) is 6.61 Å². The number of hydrazine groups is 1. The summed E-state index contributed by atoms with van der Waals surface area (Å²) in [6.07, 6.45) is 6.09. The Balaban J connectivity index is 1.91. The molecule has 3 heteroatoms. The Morgan fingerprint density at radius 3 is 3.00 bits per heavy atom. The number of fused-ring (bicyclic) bond motifs is 1. The Kier molecular flexibility index (Phi) is 3.76. The first-order valence-corrected chi connectivity index (χ1v) is 7.50. The van der Waals surface area contributed by atoms with Crippen molar-refractivity contribution in [3.05, 3.63) is 29.3 Å². The molecule has 0 saturated heterocycles. The third kappa shape index (κ3) is 2.49. The van der Waals surface area contributed by atoms with Crippen LogP contribution in [0.4, 0.5) is 0 Å². The highest BCUT2D eigenvalue weighted by atomic mass is 16.5. The lowest BCUT2D eigenvalue weighted by Gasteiger charge is -2.28. The normalized spacial score (nSPS) is 27.7. The standard InChI is InChI=1S/C16H24N2O/c1-11-7-8-13(10-11)15(18-17)14-6-2-4-12-5-3-9-19-16(12)14/h2,4,6,11,13,15,18H,3,5,7-10,17H2,1H3. The smallest absolute Gasteiger partial charge is 0.127 e. The molecule has 104 valence electrons. The molecular weight excluding hydrogens is 236 g/mol. The number of ether oxygens (including phenoxy) is 1. The van der Waals surface area contributed by atoms with Crippen LogP contribution in [0, 0.1) is 11.8 Å². The number of nitrogens with one attached hydrogen (secondary N) is 1. The second kappa shape index (κ2) is 5.51. The molecule has 3 N–H and O–H groups in total. The maximum absolute atomic E-state index is 5.93. The van der Waals surface area contributed by atoms with Gasteiger partial charge in [0.2, 0.25) is 0 Å². The lowest BCUT2D eigenvalue weighted by Crippen LogP contribution is -2.33. The zero-order valence-electron chi connectivity index (χ0n) is 11.7. The van der Waals surface area contributed by atoms with Crippen molar-refractivity contribution in [1.82, 2.24) is 5.43 Å². The average molecular weight is 260 g/mol. The first-order valence-electron chi connectivity index (χ1n) is 7.50. The molecule has 3 rings (SSSR count). The quantitative estimate of drug-likeness (QED) is 0.649. The molecule has 0 amide bonds. The third-order valence-electron chi connectivity index (χ3n) is 4.69. The van der Waals surface area contributed by atoms with Gasteiger partial charge in [0, 0.05) is 5.56 Å². The molecule has 3 nitrogen and oxygen atoms in total. The molecule has 3 atom stereocenters. The number of hydrogen-bond donors (Lipinski definition) is 2. The first-order chi connectivity index (χ1) is 9.29. The monoisotopic (exact) mass is 260 g/mol. The van der Waals surface area contributed by atoms with Crippen LogP contribution in [0.2, 0.25) is 0 Å². The summed E-state index contributed by atoms with van der Waals surface area (Å²) in [4.78, 5) is 0. The number of nitrogens with two attached hydrogens (primary N) is 1. The van der Waals surface area contributed by atoms with Crippen molar-refractivity contribution in [1.29, 1.82) is 0 Å². The van der Waals surface area contributed by atoms with Crippen LogP contribution in [0.15, 0.2) is 18.2 Å². The first kappa shape index (κ1) is 12.9. The average Bonchev–Trinajstić information content (AvgIpc) is 2.86. The summed E-state index contributed by atoms with van der Waals surface area (Å²) in [7, 11) is 0. The van der Waals surface area contributed by atoms with Gasteiger partial charge in [0.1, 0.15) is 5.75 Å². The van der Waals surface area contributed by atoms with Crippen molar-refractivity contribution < 1.29 is 4.74 Å². The zero-order valence-corrected chi connectivity index (χ0v) is 11.7. The molecule has 0 spiro atoms. The van der Waals surface area contributed by atoms with Gasteiger partial charge in [-0.2, -0.15) is 0 Å². The highest BCUT2D eigenvalue weighted by molar-refractivity contribution is 5.44. The lowest BCUT2D eigenvalue weighted by atomic mass is 9.88. The molecule has 1 aromatic carbocycles. The molecule has 1 aliphatic carbocycles. The number of aryl methyl sites for hydroxylation is 1. The van der Waals surface area contributed by atoms with Crippen LogP contribution in [0.25, 0.3) is 0 Å². The van der Waals surface area contributed by atoms with Crippen LogP contribution in [0.3, 0.4) is 0 Å². The van der Waals surface area contributed by atoms with Crippen molar-refractivity contribution in [3.63, 3.8) is 0 Å². The van der Waals surface area contributed by atoms with Crippen molar-refractivity contribution in [2.75, 3.05) is 6.61 Å². The van der Waals surface area contributed by atoms with E-state index in [0.29, 0.717) is 5.92 Å². The van der Waals surface area contributed by atoms with E-state index in [1.165, 1.54) is 30.4 Å². The van der Waals surface area contributed by atoms with E-state index in [0.717, 1.165) is 31.1 Å². The van der Waals surface area contributed by atoms with Crippen molar-refractivity contribution in [2.24, 2.45) is 17.7 Å². The maximum Gasteiger partial charge on any atom is 0.127 e. The van der Waals surface area contributed by atoms with Crippen LogP contribution in [-0.2, 0) is 6.42 Å². The van der Waals surface area contributed by atoms with E-state index in [1.807, 2.05) is 0 Å². The fraction of sp³-hybridized carbons (Fsp3) is 0.625. The van der Waals surface area contributed by atoms with E-state index in [-0.39, 0.29) is 6.04 Å². The predicted octanol–water partition coefficient (Wildman–Crippen LogP) is 2.95. The van der Waals surface area contributed by atoms with Gasteiger partial charge in [-0.3, -0.25) is 11.3 Å². The Morgan fingerprint density at radius 1 is 1.37 bits per heavy atom. The van der Waals surface area contributed by atoms with Gasteiger partial charge < -0.3 is 4.74 Å². The molecule has 0 bridgehead atoms. The zero-order chi connectivity index (χ0) is 13.2. The van der Waals surface area contributed by atoms with E-state index in [4.69, 9.17) is 10.6 Å². The highest BCUT2D eigenvalue weighted by Gasteiger charge is 2.31. The number of para-hydroxylation sites is 1. The predicted molar refractivity (Wildman–Crippen MR) is 76.8 cm³/mol. The van der Waals surface area contributed by atoms with Gasteiger partial charge in [0.05, 0.1) is 12.6 Å². The van der Waals surface area contributed by atoms with Crippen LogP contribution in [0.5, 0.6) is 5.75 Å². The van der Waals surface area contributed by atoms with Gasteiger partial charge in [-0.25, -0.2) is 0 Å². The second-order valence-electron chi connectivity index (χ2n) is 6.11. The third-order valence-corrected chi connectivity index (χ3v) is 4.69. The fourth-order valence-corrected chi connectivity index (χ4v) is 3.69.